The van der Waals surface area contributed by atoms with E-state index < -0.39 is 11.9 Å². The van der Waals surface area contributed by atoms with Crippen LogP contribution in [0.1, 0.15) is 6.42 Å². The highest BCUT2D eigenvalue weighted by molar-refractivity contribution is 6.30. The van der Waals surface area contributed by atoms with Gasteiger partial charge in [-0.2, -0.15) is 0 Å². The zero-order valence-electron chi connectivity index (χ0n) is 14.6. The summed E-state index contributed by atoms with van der Waals surface area (Å²) in [6, 6.07) is 13.0. The molecule has 2 aliphatic rings. The number of rotatable bonds is 3. The van der Waals surface area contributed by atoms with Crippen molar-refractivity contribution in [2.24, 2.45) is 0 Å². The lowest BCUT2D eigenvalue weighted by Crippen LogP contribution is -2.52. The zero-order valence-corrected chi connectivity index (χ0v) is 15.4. The van der Waals surface area contributed by atoms with Gasteiger partial charge in [0.1, 0.15) is 5.82 Å². The molecule has 1 atom stereocenters. The van der Waals surface area contributed by atoms with Crippen LogP contribution in [0, 0.1) is 5.82 Å². The van der Waals surface area contributed by atoms with Crippen LogP contribution in [0.2, 0.25) is 5.02 Å². The first-order valence-electron chi connectivity index (χ1n) is 8.90. The molecule has 2 amide bonds. The third-order valence-electron chi connectivity index (χ3n) is 5.16. The SMILES string of the molecule is O=C1C[C@@H](N2CCN(c3ccc(Cl)cc3)CC2)C(=O)N1c1ccccc1F. The number of amides is 2. The standard InChI is InChI=1S/C20H19ClFN3O2/c21-14-5-7-15(8-6-14)23-9-11-24(12-10-23)18-13-19(26)25(20(18)27)17-4-2-1-3-16(17)22/h1-8,18H,9-13H2/t18-/m1/s1. The second-order valence-electron chi connectivity index (χ2n) is 6.74. The summed E-state index contributed by atoms with van der Waals surface area (Å²) in [6.07, 6.45) is 0.0914. The van der Waals surface area contributed by atoms with Crippen LogP contribution in [0.3, 0.4) is 0 Å². The Morgan fingerprint density at radius 2 is 1.59 bits per heavy atom. The minimum absolute atomic E-state index is 0.0369. The lowest BCUT2D eigenvalue weighted by atomic mass is 10.1. The van der Waals surface area contributed by atoms with Gasteiger partial charge in [0.05, 0.1) is 18.2 Å². The molecule has 0 aromatic heterocycles. The minimum Gasteiger partial charge on any atom is -0.369 e. The molecule has 2 aromatic rings. The molecule has 0 radical (unpaired) electrons. The van der Waals surface area contributed by atoms with Crippen molar-refractivity contribution in [3.05, 3.63) is 59.4 Å². The lowest BCUT2D eigenvalue weighted by molar-refractivity contribution is -0.123. The molecular formula is C20H19ClFN3O2. The number of piperazine rings is 1. The largest absolute Gasteiger partial charge is 0.369 e. The Morgan fingerprint density at radius 1 is 0.926 bits per heavy atom. The average molecular weight is 388 g/mol. The first-order valence-corrected chi connectivity index (χ1v) is 9.28. The second kappa shape index (κ2) is 7.29. The molecule has 5 nitrogen and oxygen atoms in total. The van der Waals surface area contributed by atoms with Crippen molar-refractivity contribution in [3.63, 3.8) is 0 Å². The van der Waals surface area contributed by atoms with Crippen LogP contribution in [-0.4, -0.2) is 48.9 Å². The van der Waals surface area contributed by atoms with Crippen LogP contribution in [0.4, 0.5) is 15.8 Å². The number of imide groups is 1. The van der Waals surface area contributed by atoms with Gasteiger partial charge in [0, 0.05) is 36.9 Å². The van der Waals surface area contributed by atoms with Crippen molar-refractivity contribution < 1.29 is 14.0 Å². The van der Waals surface area contributed by atoms with E-state index in [9.17, 15) is 14.0 Å². The van der Waals surface area contributed by atoms with Crippen LogP contribution >= 0.6 is 11.6 Å². The van der Waals surface area contributed by atoms with Gasteiger partial charge in [-0.15, -0.1) is 0 Å². The topological polar surface area (TPSA) is 43.9 Å². The summed E-state index contributed by atoms with van der Waals surface area (Å²) in [5.41, 5.74) is 1.12. The van der Waals surface area contributed by atoms with Crippen molar-refractivity contribution in [2.75, 3.05) is 36.0 Å². The van der Waals surface area contributed by atoms with E-state index in [1.807, 2.05) is 29.2 Å². The lowest BCUT2D eigenvalue weighted by Gasteiger charge is -2.38. The molecule has 0 spiro atoms. The van der Waals surface area contributed by atoms with Gasteiger partial charge in [-0.1, -0.05) is 23.7 Å². The number of hydrogen-bond acceptors (Lipinski definition) is 4. The molecule has 27 heavy (non-hydrogen) atoms. The monoisotopic (exact) mass is 387 g/mol. The van der Waals surface area contributed by atoms with Crippen molar-refractivity contribution in [3.8, 4) is 0 Å². The van der Waals surface area contributed by atoms with Crippen molar-refractivity contribution >= 4 is 34.8 Å². The van der Waals surface area contributed by atoms with Gasteiger partial charge in [0.15, 0.2) is 0 Å². The number of carbonyl (C=O) groups is 2. The molecule has 2 aromatic carbocycles. The summed E-state index contributed by atoms with van der Waals surface area (Å²) >= 11 is 5.94. The molecule has 4 rings (SSSR count). The maximum atomic E-state index is 14.0. The molecule has 0 N–H and O–H groups in total. The van der Waals surface area contributed by atoms with Crippen molar-refractivity contribution in [2.45, 2.75) is 12.5 Å². The fraction of sp³-hybridized carbons (Fsp3) is 0.300. The predicted molar refractivity (Wildman–Crippen MR) is 103 cm³/mol. The smallest absolute Gasteiger partial charge is 0.251 e. The van der Waals surface area contributed by atoms with E-state index in [0.29, 0.717) is 18.1 Å². The first-order chi connectivity index (χ1) is 13.0. The van der Waals surface area contributed by atoms with E-state index in [2.05, 4.69) is 4.90 Å². The van der Waals surface area contributed by atoms with E-state index in [0.717, 1.165) is 23.7 Å². The maximum absolute atomic E-state index is 14.0. The van der Waals surface area contributed by atoms with Gasteiger partial charge < -0.3 is 4.90 Å². The van der Waals surface area contributed by atoms with Crippen LogP contribution in [-0.2, 0) is 9.59 Å². The van der Waals surface area contributed by atoms with E-state index >= 15 is 0 Å². The molecule has 2 aliphatic heterocycles. The number of benzene rings is 2. The fourth-order valence-corrected chi connectivity index (χ4v) is 3.86. The van der Waals surface area contributed by atoms with E-state index in [4.69, 9.17) is 11.6 Å². The minimum atomic E-state index is -0.563. The van der Waals surface area contributed by atoms with Gasteiger partial charge in [-0.05, 0) is 36.4 Å². The van der Waals surface area contributed by atoms with Gasteiger partial charge in [-0.25, -0.2) is 9.29 Å². The van der Waals surface area contributed by atoms with E-state index in [1.165, 1.54) is 18.2 Å². The zero-order chi connectivity index (χ0) is 19.0. The number of halogens is 2. The molecule has 0 saturated carbocycles. The Hall–Kier alpha value is -2.44. The highest BCUT2D eigenvalue weighted by Crippen LogP contribution is 2.29. The molecule has 0 unspecified atom stereocenters. The number of anilines is 2. The maximum Gasteiger partial charge on any atom is 0.251 e. The predicted octanol–water partition coefficient (Wildman–Crippen LogP) is 2.93. The van der Waals surface area contributed by atoms with Crippen molar-refractivity contribution in [1.29, 1.82) is 0 Å². The molecule has 7 heteroatoms. The van der Waals surface area contributed by atoms with Gasteiger partial charge in [-0.3, -0.25) is 14.5 Å². The second-order valence-corrected chi connectivity index (χ2v) is 7.17. The number of nitrogens with zero attached hydrogens (tertiary/aromatic N) is 3. The van der Waals surface area contributed by atoms with Crippen LogP contribution in [0.25, 0.3) is 0 Å². The highest BCUT2D eigenvalue weighted by atomic mass is 35.5. The number of carbonyl (C=O) groups excluding carboxylic acids is 2. The average Bonchev–Trinajstić information content (AvgIpc) is 2.97. The Bertz CT molecular complexity index is 866. The molecule has 140 valence electrons. The first kappa shape index (κ1) is 17.9. The normalized spacial score (nSPS) is 21.2. The van der Waals surface area contributed by atoms with Crippen LogP contribution in [0.15, 0.2) is 48.5 Å². The summed E-state index contributed by atoms with van der Waals surface area (Å²) in [5.74, 6) is -1.26. The van der Waals surface area contributed by atoms with Crippen LogP contribution in [0.5, 0.6) is 0 Å². The molecular weight excluding hydrogens is 369 g/mol. The summed E-state index contributed by atoms with van der Waals surface area (Å²) in [4.78, 5) is 30.5. The van der Waals surface area contributed by atoms with E-state index in [-0.39, 0.29) is 23.9 Å². The number of para-hydroxylation sites is 1. The molecule has 2 saturated heterocycles. The van der Waals surface area contributed by atoms with Crippen LogP contribution < -0.4 is 9.80 Å². The highest BCUT2D eigenvalue weighted by Gasteiger charge is 2.44. The Kier molecular flexibility index (Phi) is 4.85. The quantitative estimate of drug-likeness (QED) is 0.759. The summed E-state index contributed by atoms with van der Waals surface area (Å²) < 4.78 is 14.0. The Balaban J connectivity index is 1.45. The Morgan fingerprint density at radius 3 is 2.26 bits per heavy atom. The fourth-order valence-electron chi connectivity index (χ4n) is 3.73. The van der Waals surface area contributed by atoms with E-state index in [1.54, 1.807) is 6.07 Å². The molecule has 0 bridgehead atoms. The van der Waals surface area contributed by atoms with Gasteiger partial charge in [0.2, 0.25) is 5.91 Å². The summed E-state index contributed by atoms with van der Waals surface area (Å²) in [6.45, 7) is 2.83. The van der Waals surface area contributed by atoms with Gasteiger partial charge in [0.25, 0.3) is 5.91 Å². The molecule has 2 fully saturated rings. The third kappa shape index (κ3) is 3.42. The number of hydrogen-bond donors (Lipinski definition) is 0. The van der Waals surface area contributed by atoms with Gasteiger partial charge >= 0.3 is 0 Å². The molecule has 2 heterocycles. The molecule has 0 aliphatic carbocycles. The Labute approximate surface area is 161 Å². The third-order valence-corrected chi connectivity index (χ3v) is 5.41. The summed E-state index contributed by atoms with van der Waals surface area (Å²) in [5, 5.41) is 0.695. The van der Waals surface area contributed by atoms with Crippen molar-refractivity contribution in [1.82, 2.24) is 4.90 Å². The summed E-state index contributed by atoms with van der Waals surface area (Å²) in [7, 11) is 0.